The molecule has 3 aliphatic carbocycles. The van der Waals surface area contributed by atoms with Gasteiger partial charge in [-0.05, 0) is 58.8 Å². The molecule has 2 unspecified atom stereocenters. The molecule has 220 valence electrons. The zero-order chi connectivity index (χ0) is 28.7. The highest BCUT2D eigenvalue weighted by Crippen LogP contribution is 2.65. The van der Waals surface area contributed by atoms with Crippen molar-refractivity contribution in [3.8, 4) is 0 Å². The number of carbonyl (C=O) groups excluding carboxylic acids is 4. The summed E-state index contributed by atoms with van der Waals surface area (Å²) in [5.74, 6) is -1.63. The number of aliphatic hydroxyl groups is 1. The Morgan fingerprint density at radius 2 is 1.64 bits per heavy atom. The van der Waals surface area contributed by atoms with Crippen LogP contribution in [0.3, 0.4) is 0 Å². The van der Waals surface area contributed by atoms with E-state index in [0.717, 1.165) is 51.4 Å². The van der Waals surface area contributed by atoms with Crippen molar-refractivity contribution in [2.75, 3.05) is 6.54 Å². The number of rotatable bonds is 9. The normalized spacial score (nSPS) is 28.9. The van der Waals surface area contributed by atoms with Crippen LogP contribution in [0.4, 0.5) is 4.79 Å². The molecule has 4 fully saturated rings. The molecule has 0 radical (unpaired) electrons. The number of fused-ring (bicyclic) bond motifs is 1. The number of piperidine rings is 1. The molecular formula is C28H44Cl2N4O5. The Balaban J connectivity index is 1.55. The number of hydrogen-bond donors (Lipinski definition) is 4. The number of amides is 4. The van der Waals surface area contributed by atoms with Crippen molar-refractivity contribution in [3.63, 3.8) is 0 Å². The summed E-state index contributed by atoms with van der Waals surface area (Å²) >= 11 is 13.1. The molecule has 6 atom stereocenters. The summed E-state index contributed by atoms with van der Waals surface area (Å²) < 4.78 is -1.13. The van der Waals surface area contributed by atoms with Crippen molar-refractivity contribution in [1.29, 1.82) is 0 Å². The minimum atomic E-state index is -1.33. The molecular weight excluding hydrogens is 543 g/mol. The Labute approximate surface area is 241 Å². The summed E-state index contributed by atoms with van der Waals surface area (Å²) in [6.07, 6.45) is 6.91. The van der Waals surface area contributed by atoms with Crippen LogP contribution in [0.5, 0.6) is 0 Å². The number of likely N-dealkylation sites (tertiary alicyclic amines) is 1. The average Bonchev–Trinajstić information content (AvgIpc) is 3.15. The first-order valence-electron chi connectivity index (χ1n) is 14.5. The smallest absolute Gasteiger partial charge is 0.315 e. The van der Waals surface area contributed by atoms with Crippen molar-refractivity contribution >= 4 is 46.8 Å². The maximum absolute atomic E-state index is 14.1. The first kappa shape index (κ1) is 30.4. The highest BCUT2D eigenvalue weighted by atomic mass is 35.5. The summed E-state index contributed by atoms with van der Waals surface area (Å²) in [5, 5.41) is 19.3. The van der Waals surface area contributed by atoms with Crippen molar-refractivity contribution in [2.24, 2.45) is 23.7 Å². The lowest BCUT2D eigenvalue weighted by molar-refractivity contribution is -0.143. The number of carbonyl (C=O) groups is 4. The fourth-order valence-electron chi connectivity index (χ4n) is 6.58. The molecule has 4 aliphatic rings. The number of ketones is 1. The van der Waals surface area contributed by atoms with E-state index in [1.807, 2.05) is 20.8 Å². The van der Waals surface area contributed by atoms with E-state index in [0.29, 0.717) is 12.3 Å². The summed E-state index contributed by atoms with van der Waals surface area (Å²) in [6, 6.07) is -2.90. The Kier molecular flexibility index (Phi) is 9.14. The van der Waals surface area contributed by atoms with Crippen molar-refractivity contribution in [1.82, 2.24) is 20.9 Å². The Morgan fingerprint density at radius 1 is 1.00 bits per heavy atom. The molecule has 11 heteroatoms. The fourth-order valence-corrected chi connectivity index (χ4v) is 7.41. The summed E-state index contributed by atoms with van der Waals surface area (Å²) in [6.45, 7) is 7.12. The fraction of sp³-hybridized carbons (Fsp3) is 0.857. The molecule has 1 aliphatic heterocycles. The highest BCUT2D eigenvalue weighted by Gasteiger charge is 2.74. The number of halogens is 2. The van der Waals surface area contributed by atoms with E-state index < -0.39 is 57.7 Å². The zero-order valence-corrected chi connectivity index (χ0v) is 25.0. The molecule has 4 amide bonds. The van der Waals surface area contributed by atoms with Crippen LogP contribution in [-0.4, -0.2) is 74.3 Å². The van der Waals surface area contributed by atoms with Crippen LogP contribution in [0.15, 0.2) is 0 Å². The second-order valence-corrected chi connectivity index (χ2v) is 14.6. The topological polar surface area (TPSA) is 128 Å². The second kappa shape index (κ2) is 11.7. The predicted octanol–water partition coefficient (Wildman–Crippen LogP) is 3.29. The van der Waals surface area contributed by atoms with Crippen LogP contribution in [0, 0.1) is 23.7 Å². The molecule has 0 aromatic rings. The minimum Gasteiger partial charge on any atom is -0.383 e. The van der Waals surface area contributed by atoms with Gasteiger partial charge in [-0.25, -0.2) is 4.79 Å². The average molecular weight is 588 g/mol. The molecule has 4 rings (SSSR count). The van der Waals surface area contributed by atoms with Gasteiger partial charge in [0.1, 0.15) is 22.5 Å². The quantitative estimate of drug-likeness (QED) is 0.308. The van der Waals surface area contributed by atoms with Gasteiger partial charge in [0.05, 0.1) is 6.04 Å². The van der Waals surface area contributed by atoms with Crippen LogP contribution < -0.4 is 16.0 Å². The lowest BCUT2D eigenvalue weighted by Gasteiger charge is -2.38. The Hall–Kier alpha value is -1.58. The first-order valence-corrected chi connectivity index (χ1v) is 15.2. The van der Waals surface area contributed by atoms with E-state index in [4.69, 9.17) is 23.2 Å². The number of nitrogens with zero attached hydrogens (tertiary/aromatic N) is 1. The lowest BCUT2D eigenvalue weighted by atomic mass is 9.79. The van der Waals surface area contributed by atoms with Crippen LogP contribution in [0.1, 0.15) is 85.5 Å². The van der Waals surface area contributed by atoms with E-state index in [-0.39, 0.29) is 24.3 Å². The molecule has 0 bridgehead atoms. The summed E-state index contributed by atoms with van der Waals surface area (Å²) in [4.78, 5) is 54.3. The number of aliphatic hydroxyl groups excluding tert-OH is 1. The first-order chi connectivity index (χ1) is 18.2. The van der Waals surface area contributed by atoms with Gasteiger partial charge in [-0.2, -0.15) is 0 Å². The van der Waals surface area contributed by atoms with Gasteiger partial charge < -0.3 is 26.0 Å². The molecule has 39 heavy (non-hydrogen) atoms. The number of urea groups is 1. The Morgan fingerprint density at radius 3 is 2.18 bits per heavy atom. The highest BCUT2D eigenvalue weighted by molar-refractivity contribution is 6.51. The Bertz CT molecular complexity index is 960. The van der Waals surface area contributed by atoms with E-state index in [1.165, 1.54) is 11.8 Å². The van der Waals surface area contributed by atoms with Crippen molar-refractivity contribution in [2.45, 2.75) is 120 Å². The summed E-state index contributed by atoms with van der Waals surface area (Å²) in [5.41, 5.74) is -0.480. The van der Waals surface area contributed by atoms with Gasteiger partial charge >= 0.3 is 6.03 Å². The van der Waals surface area contributed by atoms with Gasteiger partial charge in [0.25, 0.3) is 0 Å². The maximum Gasteiger partial charge on any atom is 0.315 e. The minimum absolute atomic E-state index is 0.0414. The predicted molar refractivity (Wildman–Crippen MR) is 149 cm³/mol. The van der Waals surface area contributed by atoms with Gasteiger partial charge in [0, 0.05) is 23.9 Å². The molecule has 0 spiro atoms. The molecule has 4 N–H and O–H groups in total. The third kappa shape index (κ3) is 6.84. The maximum atomic E-state index is 14.1. The molecule has 0 aromatic heterocycles. The van der Waals surface area contributed by atoms with Crippen LogP contribution in [0.25, 0.3) is 0 Å². The van der Waals surface area contributed by atoms with E-state index in [2.05, 4.69) is 16.0 Å². The third-order valence-electron chi connectivity index (χ3n) is 8.98. The van der Waals surface area contributed by atoms with Gasteiger partial charge in [0.15, 0.2) is 5.78 Å². The zero-order valence-electron chi connectivity index (χ0n) is 23.5. The lowest BCUT2D eigenvalue weighted by Crippen LogP contribution is -2.61. The monoisotopic (exact) mass is 586 g/mol. The molecule has 1 heterocycles. The number of alkyl halides is 2. The number of Topliss-reactive ketones (excluding diaryl/α,β-unsaturated/α-hetero) is 1. The molecule has 0 aromatic carbocycles. The van der Waals surface area contributed by atoms with E-state index in [1.54, 1.807) is 0 Å². The SMILES string of the molecule is CC(=O)C(O)C(CC1CCC1)NC(=O)[C@@H]1[C@@H]2[C@H](CN1C(=O)[C@@H](NC(=O)NC(C)(C)C)C1CCCCC1)C2(Cl)Cl. The van der Waals surface area contributed by atoms with Crippen LogP contribution in [-0.2, 0) is 14.4 Å². The third-order valence-corrected chi connectivity index (χ3v) is 10.0. The van der Waals surface area contributed by atoms with Crippen molar-refractivity contribution < 1.29 is 24.3 Å². The number of nitrogens with one attached hydrogen (secondary N) is 3. The standard InChI is InChI=1S/C28H44Cl2N4O5/c1-15(35)23(36)19(13-16-9-8-10-16)31-24(37)22-20-18(28(20,29)30)14-34(22)25(38)21(17-11-6-5-7-12-17)32-26(39)33-27(2,3)4/h16-23,36H,5-14H2,1-4H3,(H,31,37)(H2,32,33,39)/t18-,19?,20-,21-,22-,23?/m0/s1. The summed E-state index contributed by atoms with van der Waals surface area (Å²) in [7, 11) is 0. The van der Waals surface area contributed by atoms with Crippen molar-refractivity contribution in [3.05, 3.63) is 0 Å². The van der Waals surface area contributed by atoms with E-state index in [9.17, 15) is 24.3 Å². The van der Waals surface area contributed by atoms with Gasteiger partial charge in [-0.15, -0.1) is 23.2 Å². The molecule has 9 nitrogen and oxygen atoms in total. The van der Waals surface area contributed by atoms with Gasteiger partial charge in [0.2, 0.25) is 11.8 Å². The van der Waals surface area contributed by atoms with Gasteiger partial charge in [-0.1, -0.05) is 38.5 Å². The number of hydrogen-bond acceptors (Lipinski definition) is 5. The van der Waals surface area contributed by atoms with Gasteiger partial charge in [-0.3, -0.25) is 14.4 Å². The van der Waals surface area contributed by atoms with Crippen LogP contribution in [0.2, 0.25) is 0 Å². The van der Waals surface area contributed by atoms with Crippen LogP contribution >= 0.6 is 23.2 Å². The largest absolute Gasteiger partial charge is 0.383 e. The molecule has 3 saturated carbocycles. The second-order valence-electron chi connectivity index (χ2n) is 13.2. The molecule has 1 saturated heterocycles. The van der Waals surface area contributed by atoms with E-state index >= 15 is 0 Å².